The number of piperidine rings is 1. The molecule has 0 radical (unpaired) electrons. The number of nitrogens with zero attached hydrogens (tertiary/aromatic N) is 2. The zero-order valence-electron chi connectivity index (χ0n) is 17.8. The zero-order chi connectivity index (χ0) is 20.4. The highest BCUT2D eigenvalue weighted by Crippen LogP contribution is 2.39. The van der Waals surface area contributed by atoms with E-state index < -0.39 is 5.79 Å². The highest BCUT2D eigenvalue weighted by molar-refractivity contribution is 6.02. The molecule has 0 aromatic heterocycles. The van der Waals surface area contributed by atoms with E-state index in [1.165, 1.54) is 19.3 Å². The predicted octanol–water partition coefficient (Wildman–Crippen LogP) is 3.68. The molecule has 1 aromatic rings. The summed E-state index contributed by atoms with van der Waals surface area (Å²) < 4.78 is 12.7. The van der Waals surface area contributed by atoms with Crippen molar-refractivity contribution in [1.82, 2.24) is 10.3 Å². The first-order valence-corrected chi connectivity index (χ1v) is 11.0. The molecule has 1 aromatic carbocycles. The summed E-state index contributed by atoms with van der Waals surface area (Å²) in [6.07, 6.45) is 6.52. The Morgan fingerprint density at radius 2 is 2.03 bits per heavy atom. The van der Waals surface area contributed by atoms with Gasteiger partial charge in [0.1, 0.15) is 5.75 Å². The van der Waals surface area contributed by atoms with Crippen LogP contribution in [0.15, 0.2) is 23.3 Å². The topological polar surface area (TPSA) is 63.2 Å². The molecule has 4 rings (SSSR count). The van der Waals surface area contributed by atoms with E-state index in [0.717, 1.165) is 54.6 Å². The van der Waals surface area contributed by atoms with Crippen molar-refractivity contribution in [3.8, 4) is 5.75 Å². The molecule has 158 valence electrons. The fourth-order valence-electron chi connectivity index (χ4n) is 4.46. The molecule has 1 spiro atoms. The summed E-state index contributed by atoms with van der Waals surface area (Å²) in [6.45, 7) is 9.11. The maximum Gasteiger partial charge on any atom is 0.227 e. The van der Waals surface area contributed by atoms with Crippen molar-refractivity contribution in [2.75, 3.05) is 13.1 Å². The first-order valence-electron chi connectivity index (χ1n) is 11.0. The molecule has 1 N–H and O–H groups in total. The summed E-state index contributed by atoms with van der Waals surface area (Å²) in [4.78, 5) is 13.4. The van der Waals surface area contributed by atoms with Crippen LogP contribution in [0.25, 0.3) is 0 Å². The lowest BCUT2D eigenvalue weighted by molar-refractivity contribution is -0.231. The van der Waals surface area contributed by atoms with Crippen LogP contribution >= 0.6 is 0 Å². The molecule has 3 aliphatic rings. The number of amides is 1. The van der Waals surface area contributed by atoms with E-state index in [1.807, 2.05) is 12.1 Å². The molecule has 2 fully saturated rings. The molecule has 2 heterocycles. The molecule has 2 aliphatic heterocycles. The van der Waals surface area contributed by atoms with Gasteiger partial charge in [-0.25, -0.2) is 5.43 Å². The molecular formula is C23H33N3O3. The zero-order valence-corrected chi connectivity index (χ0v) is 17.8. The minimum Gasteiger partial charge on any atom is -0.462 e. The van der Waals surface area contributed by atoms with Crippen molar-refractivity contribution in [3.05, 3.63) is 29.3 Å². The lowest BCUT2D eigenvalue weighted by atomic mass is 9.88. The van der Waals surface area contributed by atoms with Crippen LogP contribution in [0.4, 0.5) is 0 Å². The van der Waals surface area contributed by atoms with Crippen LogP contribution in [0.2, 0.25) is 0 Å². The normalized spacial score (nSPS) is 23.2. The summed E-state index contributed by atoms with van der Waals surface area (Å²) in [5.41, 5.74) is 5.40. The lowest BCUT2D eigenvalue weighted by Gasteiger charge is -2.47. The van der Waals surface area contributed by atoms with Crippen LogP contribution in [0.1, 0.15) is 64.0 Å². The highest BCUT2D eigenvalue weighted by Gasteiger charge is 2.42. The Balaban J connectivity index is 1.48. The van der Waals surface area contributed by atoms with Crippen LogP contribution in [-0.2, 0) is 16.1 Å². The van der Waals surface area contributed by atoms with E-state index >= 15 is 0 Å². The van der Waals surface area contributed by atoms with Gasteiger partial charge in [0, 0.05) is 43.5 Å². The van der Waals surface area contributed by atoms with E-state index in [9.17, 15) is 4.79 Å². The molecule has 1 saturated heterocycles. The number of hydrazone groups is 1. The number of hydrogen-bond acceptors (Lipinski definition) is 5. The second kappa shape index (κ2) is 8.44. The maximum absolute atomic E-state index is 10.8. The summed E-state index contributed by atoms with van der Waals surface area (Å²) in [6, 6.07) is 6.96. The third-order valence-electron chi connectivity index (χ3n) is 6.96. The molecule has 6 heteroatoms. The summed E-state index contributed by atoms with van der Waals surface area (Å²) in [5.74, 6) is 1.07. The number of nitrogens with one attached hydrogen (secondary N) is 1. The second-order valence-electron chi connectivity index (χ2n) is 9.02. The number of benzene rings is 1. The smallest absolute Gasteiger partial charge is 0.227 e. The van der Waals surface area contributed by atoms with E-state index in [-0.39, 0.29) is 5.92 Å². The maximum atomic E-state index is 10.8. The highest BCUT2D eigenvalue weighted by atomic mass is 16.7. The minimum atomic E-state index is -0.476. The quantitative estimate of drug-likeness (QED) is 0.450. The Labute approximate surface area is 173 Å². The third kappa shape index (κ3) is 4.19. The average Bonchev–Trinajstić information content (AvgIpc) is 2.68. The average molecular weight is 400 g/mol. The van der Waals surface area contributed by atoms with Gasteiger partial charge in [0.25, 0.3) is 0 Å². The van der Waals surface area contributed by atoms with Crippen LogP contribution in [0.3, 0.4) is 0 Å². The molecule has 6 nitrogen and oxygen atoms in total. The van der Waals surface area contributed by atoms with Gasteiger partial charge in [-0.3, -0.25) is 9.69 Å². The van der Waals surface area contributed by atoms with Gasteiger partial charge in [0.15, 0.2) is 0 Å². The first-order chi connectivity index (χ1) is 14.0. The van der Waals surface area contributed by atoms with Crippen molar-refractivity contribution in [3.63, 3.8) is 0 Å². The lowest BCUT2D eigenvalue weighted by Crippen LogP contribution is -2.54. The first kappa shape index (κ1) is 20.4. The summed E-state index contributed by atoms with van der Waals surface area (Å²) in [5, 5.41) is 4.32. The monoisotopic (exact) mass is 399 g/mol. The third-order valence-corrected chi connectivity index (χ3v) is 6.96. The van der Waals surface area contributed by atoms with Crippen LogP contribution in [0.5, 0.6) is 5.75 Å². The number of carbonyl (C=O) groups is 1. The Morgan fingerprint density at radius 3 is 2.66 bits per heavy atom. The molecule has 0 bridgehead atoms. The number of hydrogen-bond donors (Lipinski definition) is 1. The van der Waals surface area contributed by atoms with Crippen molar-refractivity contribution < 1.29 is 14.3 Å². The van der Waals surface area contributed by atoms with E-state index in [4.69, 9.17) is 9.47 Å². The Kier molecular flexibility index (Phi) is 5.93. The molecule has 29 heavy (non-hydrogen) atoms. The van der Waals surface area contributed by atoms with Gasteiger partial charge in [-0.15, -0.1) is 0 Å². The number of likely N-dealkylation sites (tertiary alicyclic amines) is 1. The van der Waals surface area contributed by atoms with E-state index in [2.05, 4.69) is 42.3 Å². The molecule has 1 aliphatic carbocycles. The fourth-order valence-corrected chi connectivity index (χ4v) is 4.46. The fraction of sp³-hybridized carbons (Fsp3) is 0.652. The van der Waals surface area contributed by atoms with Gasteiger partial charge >= 0.3 is 0 Å². The Morgan fingerprint density at radius 1 is 1.28 bits per heavy atom. The number of ether oxygens (including phenoxy) is 2. The molecule has 1 amide bonds. The SMILES string of the molecule is CC(C)C(C)/C(=N\NC=O)c1ccc2c(c1)COC1(CCN(C3CCC3)CC1)O2. The molecule has 1 saturated carbocycles. The Hall–Kier alpha value is -1.92. The van der Waals surface area contributed by atoms with Crippen molar-refractivity contribution >= 4 is 12.1 Å². The summed E-state index contributed by atoms with van der Waals surface area (Å²) >= 11 is 0. The van der Waals surface area contributed by atoms with Crippen molar-refractivity contribution in [1.29, 1.82) is 0 Å². The van der Waals surface area contributed by atoms with Gasteiger partial charge in [-0.1, -0.05) is 27.2 Å². The number of fused-ring (bicyclic) bond motifs is 1. The molecular weight excluding hydrogens is 366 g/mol. The molecule has 1 atom stereocenters. The van der Waals surface area contributed by atoms with Crippen molar-refractivity contribution in [2.24, 2.45) is 16.9 Å². The standard InChI is InChI=1S/C23H33N3O3/c1-16(2)17(3)22(25-24-15-27)18-7-8-21-19(13-18)14-28-23(29-21)9-11-26(12-10-23)20-5-4-6-20/h7-8,13,15-17,20H,4-6,9-12,14H2,1-3H3,(H,24,27)/b25-22+. The largest absolute Gasteiger partial charge is 0.462 e. The van der Waals surface area contributed by atoms with Gasteiger partial charge in [-0.2, -0.15) is 5.10 Å². The van der Waals surface area contributed by atoms with Gasteiger partial charge in [0.2, 0.25) is 12.2 Å². The predicted molar refractivity (Wildman–Crippen MR) is 113 cm³/mol. The van der Waals surface area contributed by atoms with Gasteiger partial charge in [0.05, 0.1) is 12.3 Å². The summed E-state index contributed by atoms with van der Waals surface area (Å²) in [7, 11) is 0. The second-order valence-corrected chi connectivity index (χ2v) is 9.02. The van der Waals surface area contributed by atoms with Crippen molar-refractivity contribution in [2.45, 2.75) is 71.3 Å². The number of carbonyl (C=O) groups excluding carboxylic acids is 1. The van der Waals surface area contributed by atoms with E-state index in [1.54, 1.807) is 0 Å². The van der Waals surface area contributed by atoms with Crippen LogP contribution in [-0.4, -0.2) is 41.9 Å². The number of rotatable bonds is 6. The van der Waals surface area contributed by atoms with E-state index in [0.29, 0.717) is 18.9 Å². The molecule has 1 unspecified atom stereocenters. The van der Waals surface area contributed by atoms with Crippen LogP contribution in [0, 0.1) is 11.8 Å². The Bertz CT molecular complexity index is 765. The van der Waals surface area contributed by atoms with Crippen LogP contribution < -0.4 is 10.2 Å². The minimum absolute atomic E-state index is 0.216. The van der Waals surface area contributed by atoms with Gasteiger partial charge in [-0.05, 0) is 42.5 Å². The van der Waals surface area contributed by atoms with Gasteiger partial charge < -0.3 is 9.47 Å².